The zero-order valence-electron chi connectivity index (χ0n) is 19.8. The van der Waals surface area contributed by atoms with Crippen molar-refractivity contribution in [2.24, 2.45) is 10.9 Å². The number of ketones is 1. The number of likely N-dealkylation sites (tertiary alicyclic amines) is 1. The first-order valence-corrected chi connectivity index (χ1v) is 12.0. The van der Waals surface area contributed by atoms with Gasteiger partial charge in [0.25, 0.3) is 0 Å². The molecule has 1 saturated heterocycles. The summed E-state index contributed by atoms with van der Waals surface area (Å²) in [5.41, 5.74) is 7.02. The summed E-state index contributed by atoms with van der Waals surface area (Å²) in [5, 5.41) is 0. The molecule has 1 aromatic carbocycles. The summed E-state index contributed by atoms with van der Waals surface area (Å²) in [7, 11) is 1.64. The van der Waals surface area contributed by atoms with E-state index in [1.54, 1.807) is 7.11 Å². The van der Waals surface area contributed by atoms with E-state index in [0.717, 1.165) is 66.3 Å². The number of nitrogens with zero attached hydrogens (tertiary/aromatic N) is 4. The van der Waals surface area contributed by atoms with E-state index in [9.17, 15) is 4.79 Å². The summed E-state index contributed by atoms with van der Waals surface area (Å²) in [6.45, 7) is 5.38. The average molecular weight is 455 g/mol. The molecule has 0 bridgehead atoms. The number of carbonyl (C=O) groups excluding carboxylic acids is 1. The third-order valence-electron chi connectivity index (χ3n) is 6.72. The van der Waals surface area contributed by atoms with Gasteiger partial charge in [-0.1, -0.05) is 18.2 Å². The number of fused-ring (bicyclic) bond motifs is 1. The van der Waals surface area contributed by atoms with Crippen LogP contribution in [-0.4, -0.2) is 46.6 Å². The SMILES string of the molecule is COc1cccc(CN2CCC[C@@H](CC(=O)c3ccc4c(c3)C(c3ccnc(C)c3)=NC4)C2)n1. The smallest absolute Gasteiger partial charge is 0.213 e. The van der Waals surface area contributed by atoms with Crippen LogP contribution in [0.25, 0.3) is 0 Å². The largest absolute Gasteiger partial charge is 0.481 e. The number of Topliss-reactive ketones (excluding diaryl/α,β-unsaturated/α-hetero) is 1. The standard InChI is InChI=1S/C28H30N4O2/c1-19-13-22(10-11-29-19)28-25-15-21(8-9-23(25)16-30-28)26(33)14-20-5-4-12-32(17-20)18-24-6-3-7-27(31-24)34-2/h3,6-11,13,15,20H,4-5,12,14,16-18H2,1-2H3/t20-/m0/s1. The van der Waals surface area contributed by atoms with Crippen LogP contribution in [0, 0.1) is 12.8 Å². The van der Waals surface area contributed by atoms with Crippen molar-refractivity contribution in [3.8, 4) is 5.88 Å². The maximum Gasteiger partial charge on any atom is 0.213 e. The third kappa shape index (κ3) is 4.92. The lowest BCUT2D eigenvalue weighted by molar-refractivity contribution is 0.0912. The Morgan fingerprint density at radius 1 is 1.18 bits per heavy atom. The van der Waals surface area contributed by atoms with Crippen LogP contribution >= 0.6 is 0 Å². The first kappa shape index (κ1) is 22.4. The summed E-state index contributed by atoms with van der Waals surface area (Å²) in [4.78, 5) is 29.3. The van der Waals surface area contributed by atoms with Crippen LogP contribution in [0.4, 0.5) is 0 Å². The second-order valence-electron chi connectivity index (χ2n) is 9.26. The number of aliphatic imine (C=N–C) groups is 1. The Labute approximate surface area is 200 Å². The number of ether oxygens (including phenoxy) is 1. The summed E-state index contributed by atoms with van der Waals surface area (Å²) in [5.74, 6) is 1.21. The monoisotopic (exact) mass is 454 g/mol. The van der Waals surface area contributed by atoms with E-state index in [1.165, 1.54) is 5.56 Å². The fourth-order valence-electron chi connectivity index (χ4n) is 5.03. The van der Waals surface area contributed by atoms with E-state index in [1.807, 2.05) is 49.5 Å². The molecule has 174 valence electrons. The molecule has 0 aliphatic carbocycles. The highest BCUT2D eigenvalue weighted by Gasteiger charge is 2.25. The van der Waals surface area contributed by atoms with Crippen molar-refractivity contribution >= 4 is 11.5 Å². The van der Waals surface area contributed by atoms with Gasteiger partial charge in [0.1, 0.15) is 0 Å². The fraction of sp³-hybridized carbons (Fsp3) is 0.357. The van der Waals surface area contributed by atoms with E-state index in [-0.39, 0.29) is 5.78 Å². The first-order valence-electron chi connectivity index (χ1n) is 12.0. The second-order valence-corrected chi connectivity index (χ2v) is 9.26. The summed E-state index contributed by atoms with van der Waals surface area (Å²) >= 11 is 0. The third-order valence-corrected chi connectivity index (χ3v) is 6.72. The molecule has 6 nitrogen and oxygen atoms in total. The van der Waals surface area contributed by atoms with E-state index >= 15 is 0 Å². The number of pyridine rings is 2. The molecular weight excluding hydrogens is 424 g/mol. The predicted octanol–water partition coefficient (Wildman–Crippen LogP) is 4.63. The quantitative estimate of drug-likeness (QED) is 0.487. The first-order chi connectivity index (χ1) is 16.6. The van der Waals surface area contributed by atoms with E-state index < -0.39 is 0 Å². The van der Waals surface area contributed by atoms with Crippen molar-refractivity contribution in [3.05, 3.63) is 88.4 Å². The van der Waals surface area contributed by atoms with Gasteiger partial charge in [0.15, 0.2) is 5.78 Å². The number of piperidine rings is 1. The molecule has 1 fully saturated rings. The van der Waals surface area contributed by atoms with Crippen LogP contribution in [-0.2, 0) is 13.1 Å². The minimum atomic E-state index is 0.214. The maximum absolute atomic E-state index is 13.3. The molecule has 0 N–H and O–H groups in total. The van der Waals surface area contributed by atoms with Gasteiger partial charge in [0, 0.05) is 54.2 Å². The summed E-state index contributed by atoms with van der Waals surface area (Å²) < 4.78 is 5.25. The van der Waals surface area contributed by atoms with Gasteiger partial charge in [-0.05, 0) is 62.1 Å². The van der Waals surface area contributed by atoms with Crippen LogP contribution in [0.5, 0.6) is 5.88 Å². The number of aromatic nitrogens is 2. The highest BCUT2D eigenvalue weighted by molar-refractivity contribution is 6.16. The zero-order valence-corrected chi connectivity index (χ0v) is 19.8. The lowest BCUT2D eigenvalue weighted by Gasteiger charge is -2.32. The number of hydrogen-bond acceptors (Lipinski definition) is 6. The molecule has 4 heterocycles. The van der Waals surface area contributed by atoms with Gasteiger partial charge in [-0.15, -0.1) is 0 Å². The number of aryl methyl sites for hydroxylation is 1. The summed E-state index contributed by atoms with van der Waals surface area (Å²) in [6.07, 6.45) is 4.57. The molecule has 0 saturated carbocycles. The van der Waals surface area contributed by atoms with Crippen LogP contribution < -0.4 is 4.74 Å². The summed E-state index contributed by atoms with van der Waals surface area (Å²) in [6, 6.07) is 16.0. The molecule has 2 aliphatic rings. The van der Waals surface area contributed by atoms with Gasteiger partial charge in [-0.25, -0.2) is 4.98 Å². The van der Waals surface area contributed by atoms with Crippen molar-refractivity contribution in [2.75, 3.05) is 20.2 Å². The number of rotatable bonds is 7. The molecule has 1 atom stereocenters. The van der Waals surface area contributed by atoms with Gasteiger partial charge in [-0.2, -0.15) is 0 Å². The Bertz CT molecular complexity index is 1240. The fourth-order valence-corrected chi connectivity index (χ4v) is 5.03. The van der Waals surface area contributed by atoms with Gasteiger partial charge in [0.2, 0.25) is 5.88 Å². The Hall–Kier alpha value is -3.38. The number of benzene rings is 1. The number of methoxy groups -OCH3 is 1. The van der Waals surface area contributed by atoms with Crippen molar-refractivity contribution in [1.82, 2.24) is 14.9 Å². The maximum atomic E-state index is 13.3. The van der Waals surface area contributed by atoms with E-state index in [2.05, 4.69) is 27.0 Å². The highest BCUT2D eigenvalue weighted by Crippen LogP contribution is 2.27. The van der Waals surface area contributed by atoms with Gasteiger partial charge >= 0.3 is 0 Å². The lowest BCUT2D eigenvalue weighted by Crippen LogP contribution is -2.36. The number of carbonyl (C=O) groups is 1. The zero-order chi connectivity index (χ0) is 23.5. The van der Waals surface area contributed by atoms with Crippen molar-refractivity contribution in [3.63, 3.8) is 0 Å². The van der Waals surface area contributed by atoms with Crippen molar-refractivity contribution in [2.45, 2.75) is 39.3 Å². The molecule has 3 aromatic rings. The van der Waals surface area contributed by atoms with Crippen molar-refractivity contribution in [1.29, 1.82) is 0 Å². The van der Waals surface area contributed by atoms with Crippen LogP contribution in [0.3, 0.4) is 0 Å². The Morgan fingerprint density at radius 3 is 2.94 bits per heavy atom. The van der Waals surface area contributed by atoms with Crippen LogP contribution in [0.1, 0.15) is 57.7 Å². The topological polar surface area (TPSA) is 67.7 Å². The Morgan fingerprint density at radius 2 is 2.09 bits per heavy atom. The molecular formula is C28H30N4O2. The predicted molar refractivity (Wildman–Crippen MR) is 132 cm³/mol. The molecule has 2 aliphatic heterocycles. The number of hydrogen-bond donors (Lipinski definition) is 0. The van der Waals surface area contributed by atoms with Crippen molar-refractivity contribution < 1.29 is 9.53 Å². The molecule has 0 unspecified atom stereocenters. The van der Waals surface area contributed by atoms with E-state index in [4.69, 9.17) is 9.73 Å². The normalized spacial score (nSPS) is 17.8. The Balaban J connectivity index is 1.26. The van der Waals surface area contributed by atoms with Gasteiger partial charge in [0.05, 0.1) is 25.1 Å². The molecule has 0 spiro atoms. The molecule has 6 heteroatoms. The van der Waals surface area contributed by atoms with Crippen LogP contribution in [0.2, 0.25) is 0 Å². The van der Waals surface area contributed by atoms with Gasteiger partial charge < -0.3 is 4.74 Å². The minimum absolute atomic E-state index is 0.214. The Kier molecular flexibility index (Phi) is 6.50. The molecule has 5 rings (SSSR count). The van der Waals surface area contributed by atoms with Gasteiger partial charge in [-0.3, -0.25) is 19.7 Å². The minimum Gasteiger partial charge on any atom is -0.481 e. The molecule has 0 radical (unpaired) electrons. The molecule has 2 aromatic heterocycles. The lowest BCUT2D eigenvalue weighted by atomic mass is 9.89. The highest BCUT2D eigenvalue weighted by atomic mass is 16.5. The average Bonchev–Trinajstić information content (AvgIpc) is 3.28. The van der Waals surface area contributed by atoms with E-state index in [0.29, 0.717) is 24.8 Å². The van der Waals surface area contributed by atoms with Crippen LogP contribution in [0.15, 0.2) is 59.7 Å². The molecule has 0 amide bonds. The molecule has 34 heavy (non-hydrogen) atoms. The second kappa shape index (κ2) is 9.85.